The molecule has 1 aliphatic rings. The number of nitrogens with two attached hydrogens (primary N) is 1. The molecule has 0 aromatic rings. The van der Waals surface area contributed by atoms with Gasteiger partial charge < -0.3 is 5.73 Å². The van der Waals surface area contributed by atoms with Crippen molar-refractivity contribution in [2.24, 2.45) is 16.6 Å². The first-order valence-corrected chi connectivity index (χ1v) is 5.64. The van der Waals surface area contributed by atoms with E-state index in [-0.39, 0.29) is 11.7 Å². The summed E-state index contributed by atoms with van der Waals surface area (Å²) in [5.74, 6) is 0.431. The zero-order valence-electron chi connectivity index (χ0n) is 9.84. The van der Waals surface area contributed by atoms with Crippen molar-refractivity contribution >= 4 is 11.5 Å². The minimum Gasteiger partial charge on any atom is -0.401 e. The van der Waals surface area contributed by atoms with Crippen molar-refractivity contribution < 1.29 is 4.79 Å². The zero-order chi connectivity index (χ0) is 11.4. The molecule has 0 bridgehead atoms. The third-order valence-electron chi connectivity index (χ3n) is 2.58. The van der Waals surface area contributed by atoms with Gasteiger partial charge in [0.25, 0.3) is 0 Å². The van der Waals surface area contributed by atoms with Crippen LogP contribution >= 0.6 is 0 Å². The average Bonchev–Trinajstić information content (AvgIpc) is 2.15. The maximum absolute atomic E-state index is 11.8. The Balaban J connectivity index is 3.11. The van der Waals surface area contributed by atoms with Gasteiger partial charge in [0.15, 0.2) is 5.78 Å². The smallest absolute Gasteiger partial charge is 0.166 e. The summed E-state index contributed by atoms with van der Waals surface area (Å²) >= 11 is 0. The quantitative estimate of drug-likeness (QED) is 0.722. The largest absolute Gasteiger partial charge is 0.401 e. The summed E-state index contributed by atoms with van der Waals surface area (Å²) < 4.78 is 0. The lowest BCUT2D eigenvalue weighted by atomic mass is 9.87. The molecule has 0 saturated carbocycles. The zero-order valence-corrected chi connectivity index (χ0v) is 9.84. The minimum absolute atomic E-state index is 0.166. The number of allylic oxidation sites excluding steroid dienone is 2. The highest BCUT2D eigenvalue weighted by Crippen LogP contribution is 2.22. The molecule has 0 fully saturated rings. The molecule has 84 valence electrons. The monoisotopic (exact) mass is 208 g/mol. The number of aliphatic imine (C=N–C) groups is 1. The Morgan fingerprint density at radius 2 is 2.13 bits per heavy atom. The second kappa shape index (κ2) is 5.10. The van der Waals surface area contributed by atoms with Gasteiger partial charge in [-0.1, -0.05) is 13.8 Å². The summed E-state index contributed by atoms with van der Waals surface area (Å²) in [7, 11) is 0. The van der Waals surface area contributed by atoms with E-state index >= 15 is 0 Å². The van der Waals surface area contributed by atoms with Gasteiger partial charge in [0.05, 0.1) is 5.57 Å². The summed E-state index contributed by atoms with van der Waals surface area (Å²) in [6.07, 6.45) is 2.33. The van der Waals surface area contributed by atoms with Crippen molar-refractivity contribution in [1.82, 2.24) is 0 Å². The lowest BCUT2D eigenvalue weighted by molar-refractivity contribution is -0.115. The maximum Gasteiger partial charge on any atom is 0.166 e. The predicted octanol–water partition coefficient (Wildman–Crippen LogP) is 2.07. The van der Waals surface area contributed by atoms with Crippen LogP contribution in [-0.2, 0) is 4.79 Å². The van der Waals surface area contributed by atoms with Crippen LogP contribution in [0.15, 0.2) is 16.3 Å². The first-order valence-electron chi connectivity index (χ1n) is 5.64. The standard InChI is InChI=1S/C12H20N2O/c1-4-14-12(8(2)3)11-9(13)6-5-7-10(11)15/h8H,4-7,13H2,1-3H3. The Morgan fingerprint density at radius 3 is 2.60 bits per heavy atom. The number of Topliss-reactive ketones (excluding diaryl/α,β-unsaturated/α-hetero) is 1. The second-order valence-electron chi connectivity index (χ2n) is 4.19. The molecule has 1 aliphatic carbocycles. The third-order valence-corrected chi connectivity index (χ3v) is 2.58. The molecule has 0 unspecified atom stereocenters. The van der Waals surface area contributed by atoms with Gasteiger partial charge >= 0.3 is 0 Å². The van der Waals surface area contributed by atoms with Crippen molar-refractivity contribution in [2.45, 2.75) is 40.0 Å². The number of carbonyl (C=O) groups excluding carboxylic acids is 1. The predicted molar refractivity (Wildman–Crippen MR) is 62.9 cm³/mol. The molecule has 0 saturated heterocycles. The van der Waals surface area contributed by atoms with Crippen LogP contribution in [0.2, 0.25) is 0 Å². The number of carbonyl (C=O) groups is 1. The van der Waals surface area contributed by atoms with Crippen molar-refractivity contribution in [3.8, 4) is 0 Å². The van der Waals surface area contributed by atoms with Crippen LogP contribution in [0.1, 0.15) is 40.0 Å². The van der Waals surface area contributed by atoms with Crippen LogP contribution in [0, 0.1) is 5.92 Å². The second-order valence-corrected chi connectivity index (χ2v) is 4.19. The summed E-state index contributed by atoms with van der Waals surface area (Å²) in [5.41, 5.74) is 8.24. The minimum atomic E-state index is 0.166. The SMILES string of the molecule is CCN=C(C1=C(N)CCCC1=O)C(C)C. The molecule has 0 aromatic heterocycles. The number of nitrogens with zero attached hydrogens (tertiary/aromatic N) is 1. The van der Waals surface area contributed by atoms with Crippen molar-refractivity contribution in [1.29, 1.82) is 0 Å². The summed E-state index contributed by atoms with van der Waals surface area (Å²) in [6.45, 7) is 6.79. The molecule has 1 rings (SSSR count). The lowest BCUT2D eigenvalue weighted by Gasteiger charge is -2.20. The lowest BCUT2D eigenvalue weighted by Crippen LogP contribution is -2.26. The van der Waals surface area contributed by atoms with Crippen LogP contribution in [0.3, 0.4) is 0 Å². The van der Waals surface area contributed by atoms with E-state index in [2.05, 4.69) is 18.8 Å². The fraction of sp³-hybridized carbons (Fsp3) is 0.667. The van der Waals surface area contributed by atoms with Gasteiger partial charge in [0, 0.05) is 24.4 Å². The number of hydrogen-bond donors (Lipinski definition) is 1. The van der Waals surface area contributed by atoms with E-state index in [1.807, 2.05) is 6.92 Å². The number of ketones is 1. The molecule has 3 heteroatoms. The Kier molecular flexibility index (Phi) is 4.06. The normalized spacial score (nSPS) is 18.9. The number of rotatable bonds is 3. The van der Waals surface area contributed by atoms with E-state index in [9.17, 15) is 4.79 Å². The molecule has 15 heavy (non-hydrogen) atoms. The van der Waals surface area contributed by atoms with E-state index in [0.29, 0.717) is 18.5 Å². The molecule has 2 N–H and O–H groups in total. The van der Waals surface area contributed by atoms with E-state index in [1.54, 1.807) is 0 Å². The van der Waals surface area contributed by atoms with E-state index in [4.69, 9.17) is 5.73 Å². The van der Waals surface area contributed by atoms with E-state index in [0.717, 1.165) is 24.3 Å². The third kappa shape index (κ3) is 2.67. The molecule has 0 amide bonds. The number of hydrogen-bond acceptors (Lipinski definition) is 3. The van der Waals surface area contributed by atoms with E-state index < -0.39 is 0 Å². The average molecular weight is 208 g/mol. The van der Waals surface area contributed by atoms with Crippen molar-refractivity contribution in [2.75, 3.05) is 6.54 Å². The first kappa shape index (κ1) is 12.0. The highest BCUT2D eigenvalue weighted by Gasteiger charge is 2.24. The Hall–Kier alpha value is -1.12. The summed E-state index contributed by atoms with van der Waals surface area (Å²) in [4.78, 5) is 16.2. The van der Waals surface area contributed by atoms with Gasteiger partial charge in [-0.25, -0.2) is 0 Å². The Bertz CT molecular complexity index is 314. The molecule has 0 aliphatic heterocycles. The molecular formula is C12H20N2O. The first-order chi connectivity index (χ1) is 7.07. The fourth-order valence-electron chi connectivity index (χ4n) is 1.90. The maximum atomic E-state index is 11.8. The molecule has 0 heterocycles. The topological polar surface area (TPSA) is 55.4 Å². The fourth-order valence-corrected chi connectivity index (χ4v) is 1.90. The van der Waals surface area contributed by atoms with Crippen LogP contribution in [-0.4, -0.2) is 18.0 Å². The van der Waals surface area contributed by atoms with Gasteiger partial charge in [-0.2, -0.15) is 0 Å². The van der Waals surface area contributed by atoms with Crippen LogP contribution in [0.4, 0.5) is 0 Å². The van der Waals surface area contributed by atoms with Crippen LogP contribution in [0.5, 0.6) is 0 Å². The van der Waals surface area contributed by atoms with Crippen molar-refractivity contribution in [3.05, 3.63) is 11.3 Å². The van der Waals surface area contributed by atoms with Gasteiger partial charge in [-0.05, 0) is 25.7 Å². The van der Waals surface area contributed by atoms with Gasteiger partial charge in [-0.3, -0.25) is 9.79 Å². The molecule has 3 nitrogen and oxygen atoms in total. The molecule has 0 spiro atoms. The van der Waals surface area contributed by atoms with Gasteiger partial charge in [0.1, 0.15) is 0 Å². The van der Waals surface area contributed by atoms with Crippen LogP contribution < -0.4 is 5.73 Å². The molecular weight excluding hydrogens is 188 g/mol. The van der Waals surface area contributed by atoms with Crippen LogP contribution in [0.25, 0.3) is 0 Å². The Labute approximate surface area is 91.5 Å². The highest BCUT2D eigenvalue weighted by molar-refractivity contribution is 6.23. The summed E-state index contributed by atoms with van der Waals surface area (Å²) in [6, 6.07) is 0. The van der Waals surface area contributed by atoms with Crippen molar-refractivity contribution in [3.63, 3.8) is 0 Å². The summed E-state index contributed by atoms with van der Waals surface area (Å²) in [5, 5.41) is 0. The highest BCUT2D eigenvalue weighted by atomic mass is 16.1. The molecule has 0 aromatic carbocycles. The molecule has 0 atom stereocenters. The van der Waals surface area contributed by atoms with E-state index in [1.165, 1.54) is 0 Å². The van der Waals surface area contributed by atoms with Gasteiger partial charge in [-0.15, -0.1) is 0 Å². The van der Waals surface area contributed by atoms with Gasteiger partial charge in [0.2, 0.25) is 0 Å². The Morgan fingerprint density at radius 1 is 1.47 bits per heavy atom. The molecule has 0 radical (unpaired) electrons.